The third-order valence-corrected chi connectivity index (χ3v) is 2.93. The van der Waals surface area contributed by atoms with Crippen LogP contribution in [0.5, 0.6) is 0 Å². The van der Waals surface area contributed by atoms with Crippen molar-refractivity contribution in [2.75, 3.05) is 0 Å². The first-order valence-electron chi connectivity index (χ1n) is 5.61. The first kappa shape index (κ1) is 13.0. The Morgan fingerprint density at radius 3 is 2.78 bits per heavy atom. The van der Waals surface area contributed by atoms with E-state index in [0.29, 0.717) is 10.7 Å². The second-order valence-electron chi connectivity index (χ2n) is 4.21. The lowest BCUT2D eigenvalue weighted by atomic mass is 10.0. The molecule has 2 rings (SSSR count). The maximum Gasteiger partial charge on any atom is 0.129 e. The molecule has 1 atom stereocenters. The van der Waals surface area contributed by atoms with Gasteiger partial charge in [-0.05, 0) is 36.8 Å². The standard InChI is InChI=1S/C14H13ClFNO/c1-9-2-4-11(17-8-9)7-14(18)12-6-10(15)3-5-13(12)16/h2-6,8,14,18H,7H2,1H3. The SMILES string of the molecule is Cc1ccc(CC(O)c2cc(Cl)ccc2F)nc1. The van der Waals surface area contributed by atoms with Crippen molar-refractivity contribution in [1.29, 1.82) is 0 Å². The fourth-order valence-electron chi connectivity index (χ4n) is 1.70. The Morgan fingerprint density at radius 2 is 2.11 bits per heavy atom. The summed E-state index contributed by atoms with van der Waals surface area (Å²) in [6.45, 7) is 1.93. The van der Waals surface area contributed by atoms with Gasteiger partial charge in [-0.2, -0.15) is 0 Å². The number of aliphatic hydroxyl groups is 1. The number of rotatable bonds is 3. The molecule has 0 fully saturated rings. The van der Waals surface area contributed by atoms with Crippen molar-refractivity contribution in [3.8, 4) is 0 Å². The van der Waals surface area contributed by atoms with Gasteiger partial charge in [0.05, 0.1) is 6.10 Å². The van der Waals surface area contributed by atoms with E-state index in [1.807, 2.05) is 19.1 Å². The molecule has 2 aromatic rings. The van der Waals surface area contributed by atoms with Crippen LogP contribution in [0.25, 0.3) is 0 Å². The lowest BCUT2D eigenvalue weighted by Crippen LogP contribution is -2.05. The number of aromatic nitrogens is 1. The molecule has 1 aromatic carbocycles. The van der Waals surface area contributed by atoms with Gasteiger partial charge in [0.15, 0.2) is 0 Å². The van der Waals surface area contributed by atoms with Gasteiger partial charge in [0, 0.05) is 28.9 Å². The van der Waals surface area contributed by atoms with Crippen molar-refractivity contribution in [2.45, 2.75) is 19.4 Å². The first-order chi connectivity index (χ1) is 8.56. The number of aliphatic hydroxyl groups excluding tert-OH is 1. The number of halogens is 2. The molecule has 1 heterocycles. The van der Waals surface area contributed by atoms with Crippen molar-refractivity contribution >= 4 is 11.6 Å². The molecule has 4 heteroatoms. The molecule has 1 unspecified atom stereocenters. The molecule has 0 aliphatic heterocycles. The van der Waals surface area contributed by atoms with Gasteiger partial charge in [0.1, 0.15) is 5.82 Å². The number of nitrogens with zero attached hydrogens (tertiary/aromatic N) is 1. The van der Waals surface area contributed by atoms with E-state index in [0.717, 1.165) is 5.56 Å². The van der Waals surface area contributed by atoms with E-state index >= 15 is 0 Å². The summed E-state index contributed by atoms with van der Waals surface area (Å²) in [5, 5.41) is 10.4. The van der Waals surface area contributed by atoms with Gasteiger partial charge in [0.25, 0.3) is 0 Å². The van der Waals surface area contributed by atoms with Crippen LogP contribution < -0.4 is 0 Å². The lowest BCUT2D eigenvalue weighted by Gasteiger charge is -2.12. The largest absolute Gasteiger partial charge is 0.388 e. The Balaban J connectivity index is 2.18. The van der Waals surface area contributed by atoms with Crippen molar-refractivity contribution in [3.05, 3.63) is 64.2 Å². The third-order valence-electron chi connectivity index (χ3n) is 2.69. The van der Waals surface area contributed by atoms with Gasteiger partial charge in [-0.1, -0.05) is 17.7 Å². The van der Waals surface area contributed by atoms with Crippen LogP contribution in [0.3, 0.4) is 0 Å². The predicted octanol–water partition coefficient (Wildman–Crippen LogP) is 3.46. The molecular weight excluding hydrogens is 253 g/mol. The fourth-order valence-corrected chi connectivity index (χ4v) is 1.88. The molecule has 1 N–H and O–H groups in total. The predicted molar refractivity (Wildman–Crippen MR) is 69.0 cm³/mol. The minimum atomic E-state index is -0.945. The van der Waals surface area contributed by atoms with Gasteiger partial charge >= 0.3 is 0 Å². The highest BCUT2D eigenvalue weighted by Gasteiger charge is 2.14. The Kier molecular flexibility index (Phi) is 3.94. The molecule has 0 saturated carbocycles. The zero-order valence-electron chi connectivity index (χ0n) is 9.90. The molecule has 0 aliphatic carbocycles. The van der Waals surface area contributed by atoms with Crippen LogP contribution in [-0.4, -0.2) is 10.1 Å². The van der Waals surface area contributed by atoms with Gasteiger partial charge in [-0.15, -0.1) is 0 Å². The quantitative estimate of drug-likeness (QED) is 0.922. The van der Waals surface area contributed by atoms with Gasteiger partial charge in [-0.25, -0.2) is 4.39 Å². The average molecular weight is 266 g/mol. The maximum absolute atomic E-state index is 13.5. The van der Waals surface area contributed by atoms with E-state index in [1.165, 1.54) is 18.2 Å². The molecule has 0 radical (unpaired) electrons. The van der Waals surface area contributed by atoms with Crippen LogP contribution >= 0.6 is 11.6 Å². The Labute approximate surface area is 110 Å². The summed E-state index contributed by atoms with van der Waals surface area (Å²) in [6, 6.07) is 7.88. The summed E-state index contributed by atoms with van der Waals surface area (Å²) in [5.74, 6) is -0.459. The smallest absolute Gasteiger partial charge is 0.129 e. The molecule has 0 saturated heterocycles. The van der Waals surface area contributed by atoms with Crippen molar-refractivity contribution in [1.82, 2.24) is 4.98 Å². The monoisotopic (exact) mass is 265 g/mol. The third kappa shape index (κ3) is 3.06. The number of benzene rings is 1. The highest BCUT2D eigenvalue weighted by molar-refractivity contribution is 6.30. The van der Waals surface area contributed by atoms with Crippen LogP contribution in [0, 0.1) is 12.7 Å². The number of aryl methyl sites for hydroxylation is 1. The van der Waals surface area contributed by atoms with Crippen LogP contribution in [0.4, 0.5) is 4.39 Å². The van der Waals surface area contributed by atoms with Crippen molar-refractivity contribution < 1.29 is 9.50 Å². The normalized spacial score (nSPS) is 12.4. The van der Waals surface area contributed by atoms with Crippen molar-refractivity contribution in [3.63, 3.8) is 0 Å². The molecule has 1 aromatic heterocycles. The number of hydrogen-bond donors (Lipinski definition) is 1. The zero-order chi connectivity index (χ0) is 13.1. The van der Waals surface area contributed by atoms with Crippen molar-refractivity contribution in [2.24, 2.45) is 0 Å². The van der Waals surface area contributed by atoms with Crippen LogP contribution in [-0.2, 0) is 6.42 Å². The highest BCUT2D eigenvalue weighted by Crippen LogP contribution is 2.23. The Hall–Kier alpha value is -1.45. The molecule has 0 bridgehead atoms. The summed E-state index contributed by atoms with van der Waals surface area (Å²) < 4.78 is 13.5. The molecule has 0 amide bonds. The summed E-state index contributed by atoms with van der Waals surface area (Å²) in [5.41, 5.74) is 1.96. The van der Waals surface area contributed by atoms with E-state index in [4.69, 9.17) is 11.6 Å². The molecule has 2 nitrogen and oxygen atoms in total. The Morgan fingerprint density at radius 1 is 1.33 bits per heavy atom. The average Bonchev–Trinajstić information content (AvgIpc) is 2.35. The van der Waals surface area contributed by atoms with Crippen LogP contribution in [0.1, 0.15) is 22.9 Å². The summed E-state index contributed by atoms with van der Waals surface area (Å²) in [4.78, 5) is 4.18. The van der Waals surface area contributed by atoms with E-state index in [-0.39, 0.29) is 12.0 Å². The highest BCUT2D eigenvalue weighted by atomic mass is 35.5. The molecular formula is C14H13ClFNO. The van der Waals surface area contributed by atoms with Gasteiger partial charge in [-0.3, -0.25) is 4.98 Å². The zero-order valence-corrected chi connectivity index (χ0v) is 10.7. The number of hydrogen-bond acceptors (Lipinski definition) is 2. The molecule has 0 aliphatic rings. The minimum Gasteiger partial charge on any atom is -0.388 e. The molecule has 0 spiro atoms. The second kappa shape index (κ2) is 5.46. The second-order valence-corrected chi connectivity index (χ2v) is 4.65. The minimum absolute atomic E-state index is 0.199. The maximum atomic E-state index is 13.5. The number of pyridine rings is 1. The van der Waals surface area contributed by atoms with Crippen LogP contribution in [0.15, 0.2) is 36.5 Å². The van der Waals surface area contributed by atoms with Crippen LogP contribution in [0.2, 0.25) is 5.02 Å². The van der Waals surface area contributed by atoms with Gasteiger partial charge < -0.3 is 5.11 Å². The van der Waals surface area contributed by atoms with Gasteiger partial charge in [0.2, 0.25) is 0 Å². The van der Waals surface area contributed by atoms with E-state index < -0.39 is 11.9 Å². The first-order valence-corrected chi connectivity index (χ1v) is 5.98. The van der Waals surface area contributed by atoms with E-state index in [1.54, 1.807) is 6.20 Å². The topological polar surface area (TPSA) is 33.1 Å². The molecule has 94 valence electrons. The lowest BCUT2D eigenvalue weighted by molar-refractivity contribution is 0.172. The molecule has 18 heavy (non-hydrogen) atoms. The Bertz CT molecular complexity index is 542. The summed E-state index contributed by atoms with van der Waals surface area (Å²) in [7, 11) is 0. The summed E-state index contributed by atoms with van der Waals surface area (Å²) >= 11 is 5.79. The van der Waals surface area contributed by atoms with E-state index in [9.17, 15) is 9.50 Å². The fraction of sp³-hybridized carbons (Fsp3) is 0.214. The van der Waals surface area contributed by atoms with E-state index in [2.05, 4.69) is 4.98 Å². The summed E-state index contributed by atoms with van der Waals surface area (Å²) in [6.07, 6.45) is 1.03.